The molecular formula is C25H33N5O5. The van der Waals surface area contributed by atoms with E-state index in [1.165, 1.54) is 0 Å². The molecule has 2 heterocycles. The van der Waals surface area contributed by atoms with Gasteiger partial charge in [-0.05, 0) is 51.8 Å². The fourth-order valence-corrected chi connectivity index (χ4v) is 3.71. The molecule has 188 valence electrons. The van der Waals surface area contributed by atoms with E-state index >= 15 is 0 Å². The van der Waals surface area contributed by atoms with Gasteiger partial charge in [-0.15, -0.1) is 0 Å². The fraction of sp³-hybridized carbons (Fsp3) is 0.440. The van der Waals surface area contributed by atoms with Crippen LogP contribution in [0.15, 0.2) is 18.2 Å². The van der Waals surface area contributed by atoms with Crippen LogP contribution in [0.3, 0.4) is 0 Å². The van der Waals surface area contributed by atoms with Crippen LogP contribution in [0.4, 0.5) is 0 Å². The van der Waals surface area contributed by atoms with Crippen molar-refractivity contribution in [1.82, 2.24) is 25.6 Å². The molecule has 0 bridgehead atoms. The third kappa shape index (κ3) is 5.47. The average molecular weight is 484 g/mol. The number of nitrogens with zero attached hydrogens (tertiary/aromatic N) is 3. The molecule has 3 rings (SSSR count). The molecule has 0 spiro atoms. The highest BCUT2D eigenvalue weighted by molar-refractivity contribution is 6.07. The van der Waals surface area contributed by atoms with Crippen LogP contribution in [-0.2, 0) is 7.05 Å². The monoisotopic (exact) mass is 483 g/mol. The van der Waals surface area contributed by atoms with Gasteiger partial charge >= 0.3 is 0 Å². The van der Waals surface area contributed by atoms with E-state index in [2.05, 4.69) is 20.9 Å². The molecule has 2 N–H and O–H groups in total. The number of aryl methyl sites for hydroxylation is 2. The zero-order valence-electron chi connectivity index (χ0n) is 21.3. The lowest BCUT2D eigenvalue weighted by atomic mass is 10.0. The summed E-state index contributed by atoms with van der Waals surface area (Å²) >= 11 is 0. The summed E-state index contributed by atoms with van der Waals surface area (Å²) in [5, 5.41) is 5.04. The Bertz CT molecular complexity index is 1210. The molecule has 0 aliphatic carbocycles. The van der Waals surface area contributed by atoms with Gasteiger partial charge in [-0.3, -0.25) is 25.1 Å². The summed E-state index contributed by atoms with van der Waals surface area (Å²) in [6.07, 6.45) is 0. The maximum atomic E-state index is 13.1. The Kier molecular flexibility index (Phi) is 8.16. The Morgan fingerprint density at radius 3 is 2.06 bits per heavy atom. The van der Waals surface area contributed by atoms with Gasteiger partial charge in [-0.25, -0.2) is 4.98 Å². The number of pyridine rings is 1. The molecule has 10 heteroatoms. The molecule has 0 aliphatic heterocycles. The molecule has 2 amide bonds. The molecular weight excluding hydrogens is 450 g/mol. The molecule has 3 aromatic rings. The number of benzene rings is 1. The van der Waals surface area contributed by atoms with E-state index in [1.807, 2.05) is 41.5 Å². The molecule has 10 nitrogen and oxygen atoms in total. The van der Waals surface area contributed by atoms with Gasteiger partial charge in [0.15, 0.2) is 17.1 Å². The van der Waals surface area contributed by atoms with Crippen LogP contribution in [-0.4, -0.2) is 46.4 Å². The van der Waals surface area contributed by atoms with Crippen LogP contribution in [0, 0.1) is 6.92 Å². The van der Waals surface area contributed by atoms with Crippen molar-refractivity contribution in [3.8, 4) is 17.2 Å². The number of carbonyl (C=O) groups excluding carboxylic acids is 2. The number of amides is 2. The molecule has 0 fully saturated rings. The third-order valence-corrected chi connectivity index (χ3v) is 5.29. The number of hydrazine groups is 1. The SMILES string of the molecule is CCOc1cc(C(=O)NNC(=O)c2cc(C(C)C)nc3c2c(C)nn3C)cc(OCC)c1OCC. The fourth-order valence-electron chi connectivity index (χ4n) is 3.71. The molecule has 0 unspecified atom stereocenters. The summed E-state index contributed by atoms with van der Waals surface area (Å²) in [5.41, 5.74) is 7.69. The number of carbonyl (C=O) groups is 2. The third-order valence-electron chi connectivity index (χ3n) is 5.29. The number of hydrogen-bond donors (Lipinski definition) is 2. The minimum Gasteiger partial charge on any atom is -0.490 e. The van der Waals surface area contributed by atoms with Crippen LogP contribution in [0.2, 0.25) is 0 Å². The first kappa shape index (κ1) is 25.8. The van der Waals surface area contributed by atoms with Gasteiger partial charge in [0, 0.05) is 18.3 Å². The van der Waals surface area contributed by atoms with E-state index in [4.69, 9.17) is 14.2 Å². The molecule has 2 aromatic heterocycles. The normalized spacial score (nSPS) is 11.0. The minimum absolute atomic E-state index is 0.105. The predicted molar refractivity (Wildman–Crippen MR) is 132 cm³/mol. The minimum atomic E-state index is -0.527. The van der Waals surface area contributed by atoms with Crippen LogP contribution < -0.4 is 25.1 Å². The highest BCUT2D eigenvalue weighted by Gasteiger charge is 2.22. The maximum Gasteiger partial charge on any atom is 0.270 e. The van der Waals surface area contributed by atoms with Crippen molar-refractivity contribution in [3.05, 3.63) is 40.7 Å². The van der Waals surface area contributed by atoms with Gasteiger partial charge in [0.25, 0.3) is 11.8 Å². The van der Waals surface area contributed by atoms with Crippen molar-refractivity contribution in [3.63, 3.8) is 0 Å². The van der Waals surface area contributed by atoms with Crippen LogP contribution >= 0.6 is 0 Å². The zero-order valence-corrected chi connectivity index (χ0v) is 21.3. The summed E-state index contributed by atoms with van der Waals surface area (Å²) in [5.74, 6) is 0.323. The van der Waals surface area contributed by atoms with Gasteiger partial charge in [0.2, 0.25) is 5.75 Å². The summed E-state index contributed by atoms with van der Waals surface area (Å²) in [7, 11) is 1.79. The molecule has 0 radical (unpaired) electrons. The first-order valence-corrected chi connectivity index (χ1v) is 11.7. The largest absolute Gasteiger partial charge is 0.490 e. The molecule has 0 aliphatic rings. The summed E-state index contributed by atoms with van der Waals surface area (Å²) in [4.78, 5) is 30.8. The molecule has 0 saturated carbocycles. The van der Waals surface area contributed by atoms with Crippen LogP contribution in [0.1, 0.15) is 72.6 Å². The van der Waals surface area contributed by atoms with E-state index in [0.717, 1.165) is 5.69 Å². The summed E-state index contributed by atoms with van der Waals surface area (Å²) in [6.45, 7) is 12.5. The van der Waals surface area contributed by atoms with Crippen molar-refractivity contribution in [2.24, 2.45) is 7.05 Å². The first-order chi connectivity index (χ1) is 16.7. The van der Waals surface area contributed by atoms with Crippen molar-refractivity contribution in [2.75, 3.05) is 19.8 Å². The van der Waals surface area contributed by atoms with E-state index in [-0.39, 0.29) is 11.5 Å². The number of fused-ring (bicyclic) bond motifs is 1. The van der Waals surface area contributed by atoms with Gasteiger partial charge in [0.1, 0.15) is 0 Å². The summed E-state index contributed by atoms with van der Waals surface area (Å²) in [6, 6.07) is 4.86. The van der Waals surface area contributed by atoms with Crippen molar-refractivity contribution in [2.45, 2.75) is 47.5 Å². The second kappa shape index (κ2) is 11.1. The van der Waals surface area contributed by atoms with Crippen LogP contribution in [0.5, 0.6) is 17.2 Å². The molecule has 0 atom stereocenters. The van der Waals surface area contributed by atoms with Gasteiger partial charge in [-0.2, -0.15) is 5.10 Å². The van der Waals surface area contributed by atoms with E-state index in [1.54, 1.807) is 29.9 Å². The molecule has 0 saturated heterocycles. The second-order valence-corrected chi connectivity index (χ2v) is 8.17. The number of ether oxygens (including phenoxy) is 3. The van der Waals surface area contributed by atoms with Gasteiger partial charge in [-0.1, -0.05) is 13.8 Å². The van der Waals surface area contributed by atoms with E-state index < -0.39 is 11.8 Å². The standard InChI is InChI=1S/C25H33N5O5/c1-8-33-19-11-16(12-20(34-9-2)22(19)35-10-3)24(31)27-28-25(32)17-13-18(14(4)5)26-23-21(17)15(6)29-30(23)7/h11-14H,8-10H2,1-7H3,(H,27,31)(H,28,32). The zero-order chi connectivity index (χ0) is 25.7. The van der Waals surface area contributed by atoms with E-state index in [0.29, 0.717) is 59.4 Å². The molecule has 35 heavy (non-hydrogen) atoms. The van der Waals surface area contributed by atoms with Crippen molar-refractivity contribution in [1.29, 1.82) is 0 Å². The van der Waals surface area contributed by atoms with Crippen molar-refractivity contribution >= 4 is 22.8 Å². The quantitative estimate of drug-likeness (QED) is 0.446. The number of aromatic nitrogens is 3. The lowest BCUT2D eigenvalue weighted by molar-refractivity contribution is 0.0847. The Labute approximate surface area is 204 Å². The Hall–Kier alpha value is -3.82. The number of rotatable bonds is 9. The van der Waals surface area contributed by atoms with Crippen LogP contribution in [0.25, 0.3) is 11.0 Å². The second-order valence-electron chi connectivity index (χ2n) is 8.17. The lowest BCUT2D eigenvalue weighted by Gasteiger charge is -2.17. The molecule has 1 aromatic carbocycles. The maximum absolute atomic E-state index is 13.1. The highest BCUT2D eigenvalue weighted by atomic mass is 16.5. The highest BCUT2D eigenvalue weighted by Crippen LogP contribution is 2.39. The average Bonchev–Trinajstić information content (AvgIpc) is 3.12. The Balaban J connectivity index is 1.90. The summed E-state index contributed by atoms with van der Waals surface area (Å²) < 4.78 is 18.7. The van der Waals surface area contributed by atoms with Crippen molar-refractivity contribution < 1.29 is 23.8 Å². The van der Waals surface area contributed by atoms with Gasteiger partial charge in [0.05, 0.1) is 36.5 Å². The number of nitrogens with one attached hydrogen (secondary N) is 2. The first-order valence-electron chi connectivity index (χ1n) is 11.7. The predicted octanol–water partition coefficient (Wildman–Crippen LogP) is 3.67. The van der Waals surface area contributed by atoms with Gasteiger partial charge < -0.3 is 14.2 Å². The Morgan fingerprint density at radius 2 is 1.51 bits per heavy atom. The number of hydrogen-bond acceptors (Lipinski definition) is 7. The van der Waals surface area contributed by atoms with E-state index in [9.17, 15) is 9.59 Å². The Morgan fingerprint density at radius 1 is 0.943 bits per heavy atom. The lowest BCUT2D eigenvalue weighted by Crippen LogP contribution is -2.41. The smallest absolute Gasteiger partial charge is 0.270 e. The topological polar surface area (TPSA) is 117 Å².